The first kappa shape index (κ1) is 26.6. The Morgan fingerprint density at radius 3 is 2.45 bits per heavy atom. The molecule has 11 heteroatoms. The summed E-state index contributed by atoms with van der Waals surface area (Å²) in [6.07, 6.45) is 1.04. The molecule has 2 amide bonds. The van der Waals surface area contributed by atoms with Gasteiger partial charge in [-0.25, -0.2) is 9.78 Å². The van der Waals surface area contributed by atoms with Gasteiger partial charge in [-0.1, -0.05) is 12.1 Å². The second-order valence-corrected chi connectivity index (χ2v) is 9.65. The van der Waals surface area contributed by atoms with Crippen molar-refractivity contribution in [2.75, 3.05) is 17.7 Å². The summed E-state index contributed by atoms with van der Waals surface area (Å²) in [6, 6.07) is 13.3. The predicted octanol–water partition coefficient (Wildman–Crippen LogP) is 4.23. The third-order valence-electron chi connectivity index (χ3n) is 5.54. The number of carbonyl (C=O) groups is 3. The molecule has 0 unspecified atom stereocenters. The van der Waals surface area contributed by atoms with Gasteiger partial charge in [0.2, 0.25) is 5.91 Å². The monoisotopic (exact) mass is 534 g/mol. The summed E-state index contributed by atoms with van der Waals surface area (Å²) in [7, 11) is 1.51. The molecule has 0 saturated heterocycles. The molecule has 2 aromatic heterocycles. The molecule has 2 aromatic carbocycles. The molecular weight excluding hydrogens is 508 g/mol. The van der Waals surface area contributed by atoms with E-state index in [4.69, 9.17) is 9.47 Å². The average molecular weight is 535 g/mol. The Morgan fingerprint density at radius 2 is 1.76 bits per heavy atom. The van der Waals surface area contributed by atoms with E-state index in [1.54, 1.807) is 69.3 Å². The topological polar surface area (TPSA) is 129 Å². The first-order chi connectivity index (χ1) is 18.2. The van der Waals surface area contributed by atoms with Crippen LogP contribution < -0.4 is 20.9 Å². The van der Waals surface area contributed by atoms with E-state index in [9.17, 15) is 19.2 Å². The summed E-state index contributed by atoms with van der Waals surface area (Å²) in [4.78, 5) is 55.8. The van der Waals surface area contributed by atoms with Crippen LogP contribution in [-0.4, -0.2) is 40.5 Å². The Hall–Kier alpha value is -4.51. The highest BCUT2D eigenvalue weighted by atomic mass is 32.1. The maximum absolute atomic E-state index is 13.2. The standard InChI is InChI=1S/C27H26N4O6S/c1-15(2)37-27(35)17-9-11-18(12-10-17)29-21(32)13-31-14-28-25-22(26(31)34)16(3)23(38-25)24(33)30-19-7-5-6-8-20(19)36-4/h5-12,14-15H,13H2,1-4H3,(H,29,32)(H,30,33). The maximum atomic E-state index is 13.2. The summed E-state index contributed by atoms with van der Waals surface area (Å²) in [5, 5.41) is 5.79. The molecule has 2 N–H and O–H groups in total. The van der Waals surface area contributed by atoms with Crippen molar-refractivity contribution in [3.8, 4) is 5.75 Å². The van der Waals surface area contributed by atoms with Crippen LogP contribution in [0.1, 0.15) is 39.4 Å². The van der Waals surface area contributed by atoms with E-state index in [-0.39, 0.29) is 23.9 Å². The lowest BCUT2D eigenvalue weighted by Crippen LogP contribution is -2.28. The Morgan fingerprint density at radius 1 is 1.05 bits per heavy atom. The van der Waals surface area contributed by atoms with Crippen LogP contribution in [0, 0.1) is 6.92 Å². The number of esters is 1. The quantitative estimate of drug-likeness (QED) is 0.324. The minimum atomic E-state index is -0.453. The van der Waals surface area contributed by atoms with Crippen molar-refractivity contribution in [3.63, 3.8) is 0 Å². The minimum absolute atomic E-state index is 0.240. The number of hydrogen-bond donors (Lipinski definition) is 2. The molecule has 0 spiro atoms. The predicted molar refractivity (Wildman–Crippen MR) is 145 cm³/mol. The van der Waals surface area contributed by atoms with E-state index in [0.717, 1.165) is 11.3 Å². The molecule has 0 atom stereocenters. The van der Waals surface area contributed by atoms with Crippen LogP contribution in [0.15, 0.2) is 59.7 Å². The Labute approximate surface area is 222 Å². The fourth-order valence-corrected chi connectivity index (χ4v) is 4.78. The van der Waals surface area contributed by atoms with Gasteiger partial charge in [0.1, 0.15) is 17.1 Å². The highest BCUT2D eigenvalue weighted by molar-refractivity contribution is 7.20. The summed E-state index contributed by atoms with van der Waals surface area (Å²) in [6.45, 7) is 4.91. The van der Waals surface area contributed by atoms with E-state index in [2.05, 4.69) is 15.6 Å². The van der Waals surface area contributed by atoms with Crippen LogP contribution >= 0.6 is 11.3 Å². The summed E-state index contributed by atoms with van der Waals surface area (Å²) >= 11 is 1.10. The molecular formula is C27H26N4O6S. The van der Waals surface area contributed by atoms with Crippen LogP contribution in [-0.2, 0) is 16.1 Å². The first-order valence-electron chi connectivity index (χ1n) is 11.7. The van der Waals surface area contributed by atoms with Gasteiger partial charge in [-0.2, -0.15) is 0 Å². The molecule has 0 saturated carbocycles. The maximum Gasteiger partial charge on any atom is 0.338 e. The molecule has 0 radical (unpaired) electrons. The minimum Gasteiger partial charge on any atom is -0.495 e. The van der Waals surface area contributed by atoms with Crippen molar-refractivity contribution in [2.24, 2.45) is 0 Å². The number of para-hydroxylation sites is 2. The fraction of sp³-hybridized carbons (Fsp3) is 0.222. The lowest BCUT2D eigenvalue weighted by Gasteiger charge is -2.10. The van der Waals surface area contributed by atoms with Gasteiger partial charge in [-0.3, -0.25) is 19.0 Å². The number of nitrogens with zero attached hydrogens (tertiary/aromatic N) is 2. The molecule has 0 aliphatic rings. The molecule has 4 rings (SSSR count). The van der Waals surface area contributed by atoms with Gasteiger partial charge < -0.3 is 20.1 Å². The van der Waals surface area contributed by atoms with Gasteiger partial charge >= 0.3 is 5.97 Å². The lowest BCUT2D eigenvalue weighted by molar-refractivity contribution is -0.116. The molecule has 0 fully saturated rings. The summed E-state index contributed by atoms with van der Waals surface area (Å²) in [5.74, 6) is -0.783. The van der Waals surface area contributed by atoms with Crippen molar-refractivity contribution in [2.45, 2.75) is 33.4 Å². The van der Waals surface area contributed by atoms with Gasteiger partial charge in [-0.05, 0) is 62.7 Å². The number of thiophene rings is 1. The van der Waals surface area contributed by atoms with Crippen molar-refractivity contribution >= 4 is 50.7 Å². The van der Waals surface area contributed by atoms with Gasteiger partial charge in [0, 0.05) is 5.69 Å². The van der Waals surface area contributed by atoms with E-state index in [1.165, 1.54) is 18.0 Å². The number of fused-ring (bicyclic) bond motifs is 1. The molecule has 0 bridgehead atoms. The lowest BCUT2D eigenvalue weighted by atomic mass is 10.2. The first-order valence-corrected chi connectivity index (χ1v) is 12.5. The van der Waals surface area contributed by atoms with Crippen LogP contribution in [0.3, 0.4) is 0 Å². The number of carbonyl (C=O) groups excluding carboxylic acids is 3. The average Bonchev–Trinajstić information content (AvgIpc) is 3.23. The highest BCUT2D eigenvalue weighted by Crippen LogP contribution is 2.29. The number of nitrogens with one attached hydrogen (secondary N) is 2. The van der Waals surface area contributed by atoms with Crippen LogP contribution in [0.25, 0.3) is 10.2 Å². The van der Waals surface area contributed by atoms with E-state index >= 15 is 0 Å². The van der Waals surface area contributed by atoms with Crippen molar-refractivity contribution in [3.05, 3.63) is 81.2 Å². The number of ether oxygens (including phenoxy) is 2. The molecule has 0 aliphatic carbocycles. The molecule has 196 valence electrons. The molecule has 10 nitrogen and oxygen atoms in total. The van der Waals surface area contributed by atoms with Crippen molar-refractivity contribution in [1.29, 1.82) is 0 Å². The number of rotatable bonds is 8. The zero-order valence-electron chi connectivity index (χ0n) is 21.2. The van der Waals surface area contributed by atoms with Crippen molar-refractivity contribution in [1.82, 2.24) is 9.55 Å². The number of amides is 2. The summed E-state index contributed by atoms with van der Waals surface area (Å²) in [5.41, 5.74) is 1.38. The second-order valence-electron chi connectivity index (χ2n) is 8.65. The third-order valence-corrected chi connectivity index (χ3v) is 6.74. The van der Waals surface area contributed by atoms with Gasteiger partial charge in [0.05, 0.1) is 41.1 Å². The molecule has 2 heterocycles. The number of anilines is 2. The summed E-state index contributed by atoms with van der Waals surface area (Å²) < 4.78 is 11.6. The fourth-order valence-electron chi connectivity index (χ4n) is 3.74. The Bertz CT molecular complexity index is 1570. The largest absolute Gasteiger partial charge is 0.495 e. The number of hydrogen-bond acceptors (Lipinski definition) is 8. The van der Waals surface area contributed by atoms with Crippen LogP contribution in [0.2, 0.25) is 0 Å². The van der Waals surface area contributed by atoms with E-state index in [0.29, 0.717) is 38.0 Å². The zero-order chi connectivity index (χ0) is 27.4. The van der Waals surface area contributed by atoms with E-state index < -0.39 is 17.4 Å². The Balaban J connectivity index is 1.50. The highest BCUT2D eigenvalue weighted by Gasteiger charge is 2.21. The van der Waals surface area contributed by atoms with E-state index in [1.807, 2.05) is 0 Å². The third kappa shape index (κ3) is 5.73. The van der Waals surface area contributed by atoms with Crippen LogP contribution in [0.5, 0.6) is 5.75 Å². The van der Waals surface area contributed by atoms with Crippen LogP contribution in [0.4, 0.5) is 11.4 Å². The van der Waals surface area contributed by atoms with Gasteiger partial charge in [-0.15, -0.1) is 11.3 Å². The molecule has 0 aliphatic heterocycles. The Kier molecular flexibility index (Phi) is 7.87. The van der Waals surface area contributed by atoms with Gasteiger partial charge in [0.25, 0.3) is 11.5 Å². The number of aryl methyl sites for hydroxylation is 1. The molecule has 4 aromatic rings. The smallest absolute Gasteiger partial charge is 0.338 e. The number of aromatic nitrogens is 2. The number of benzene rings is 2. The van der Waals surface area contributed by atoms with Gasteiger partial charge in [0.15, 0.2) is 0 Å². The van der Waals surface area contributed by atoms with Crippen molar-refractivity contribution < 1.29 is 23.9 Å². The number of methoxy groups -OCH3 is 1. The SMILES string of the molecule is COc1ccccc1NC(=O)c1sc2ncn(CC(=O)Nc3ccc(C(=O)OC(C)C)cc3)c(=O)c2c1C. The normalized spacial score (nSPS) is 10.9. The zero-order valence-corrected chi connectivity index (χ0v) is 22.0. The second kappa shape index (κ2) is 11.3. The molecule has 38 heavy (non-hydrogen) atoms.